The van der Waals surface area contributed by atoms with E-state index in [1.807, 2.05) is 32.0 Å². The summed E-state index contributed by atoms with van der Waals surface area (Å²) in [5, 5.41) is 0. The molecule has 100 valence electrons. The van der Waals surface area contributed by atoms with E-state index in [9.17, 15) is 4.79 Å². The fourth-order valence-electron chi connectivity index (χ4n) is 1.88. The molecule has 0 aliphatic carbocycles. The number of hydrogen-bond donors (Lipinski definition) is 0. The average Bonchev–Trinajstić information content (AvgIpc) is 2.75. The van der Waals surface area contributed by atoms with E-state index in [2.05, 4.69) is 4.98 Å². The largest absolute Gasteiger partial charge is 0.460 e. The first kappa shape index (κ1) is 13.3. The predicted octanol–water partition coefficient (Wildman–Crippen LogP) is 3.44. The van der Waals surface area contributed by atoms with Gasteiger partial charge in [0.1, 0.15) is 0 Å². The van der Waals surface area contributed by atoms with E-state index in [0.29, 0.717) is 18.2 Å². The number of esters is 1. The summed E-state index contributed by atoms with van der Waals surface area (Å²) >= 11 is 0. The molecule has 0 N–H and O–H groups in total. The predicted molar refractivity (Wildman–Crippen MR) is 72.1 cm³/mol. The van der Waals surface area contributed by atoms with E-state index < -0.39 is 5.97 Å². The molecule has 4 nitrogen and oxygen atoms in total. The molecule has 4 heteroatoms. The Bertz CT molecular complexity index is 614. The van der Waals surface area contributed by atoms with Crippen molar-refractivity contribution in [3.05, 3.63) is 40.8 Å². The zero-order valence-electron chi connectivity index (χ0n) is 11.6. The van der Waals surface area contributed by atoms with Gasteiger partial charge in [0.2, 0.25) is 11.7 Å². The van der Waals surface area contributed by atoms with Crippen LogP contribution in [0.4, 0.5) is 0 Å². The molecule has 0 saturated carbocycles. The highest BCUT2D eigenvalue weighted by atomic mass is 16.5. The Morgan fingerprint density at radius 2 is 2.05 bits per heavy atom. The van der Waals surface area contributed by atoms with Crippen molar-refractivity contribution in [2.75, 3.05) is 6.61 Å². The highest BCUT2D eigenvalue weighted by molar-refractivity contribution is 5.88. The van der Waals surface area contributed by atoms with E-state index in [-0.39, 0.29) is 5.76 Å². The quantitative estimate of drug-likeness (QED) is 0.792. The number of nitrogens with zero attached hydrogens (tertiary/aromatic N) is 1. The lowest BCUT2D eigenvalue weighted by molar-refractivity contribution is 0.0490. The van der Waals surface area contributed by atoms with Crippen molar-refractivity contribution in [2.45, 2.75) is 27.7 Å². The lowest BCUT2D eigenvalue weighted by atomic mass is 10.0. The van der Waals surface area contributed by atoms with Crippen molar-refractivity contribution in [1.82, 2.24) is 4.98 Å². The van der Waals surface area contributed by atoms with Gasteiger partial charge in [0, 0.05) is 5.56 Å². The molecule has 0 spiro atoms. The molecule has 0 unspecified atom stereocenters. The molecule has 0 atom stereocenters. The van der Waals surface area contributed by atoms with Crippen LogP contribution in [0.1, 0.15) is 34.3 Å². The van der Waals surface area contributed by atoms with E-state index in [1.54, 1.807) is 13.8 Å². The average molecular weight is 259 g/mol. The normalized spacial score (nSPS) is 10.5. The molecule has 0 bridgehead atoms. The second-order valence-corrected chi connectivity index (χ2v) is 4.40. The smallest absolute Gasteiger partial charge is 0.376 e. The zero-order valence-corrected chi connectivity index (χ0v) is 11.6. The van der Waals surface area contributed by atoms with Crippen molar-refractivity contribution in [3.8, 4) is 11.5 Å². The first-order valence-electron chi connectivity index (χ1n) is 6.25. The lowest BCUT2D eigenvalue weighted by Crippen LogP contribution is -2.04. The topological polar surface area (TPSA) is 52.3 Å². The summed E-state index contributed by atoms with van der Waals surface area (Å²) in [4.78, 5) is 16.0. The third-order valence-electron chi connectivity index (χ3n) is 3.09. The van der Waals surface area contributed by atoms with Crippen molar-refractivity contribution in [1.29, 1.82) is 0 Å². The summed E-state index contributed by atoms with van der Waals surface area (Å²) in [5.41, 5.74) is 3.71. The second-order valence-electron chi connectivity index (χ2n) is 4.40. The van der Waals surface area contributed by atoms with Crippen molar-refractivity contribution in [2.24, 2.45) is 0 Å². The maximum atomic E-state index is 11.7. The fourth-order valence-corrected chi connectivity index (χ4v) is 1.88. The van der Waals surface area contributed by atoms with Gasteiger partial charge >= 0.3 is 5.97 Å². The molecule has 2 rings (SSSR count). The third-order valence-corrected chi connectivity index (χ3v) is 3.09. The highest BCUT2D eigenvalue weighted by Gasteiger charge is 2.20. The van der Waals surface area contributed by atoms with E-state index in [4.69, 9.17) is 9.15 Å². The number of ether oxygens (including phenoxy) is 1. The van der Waals surface area contributed by atoms with Gasteiger partial charge in [-0.2, -0.15) is 0 Å². The Balaban J connectivity index is 2.45. The van der Waals surface area contributed by atoms with Gasteiger partial charge in [-0.25, -0.2) is 9.78 Å². The van der Waals surface area contributed by atoms with E-state index in [0.717, 1.165) is 16.7 Å². The third kappa shape index (κ3) is 2.52. The molecule has 0 fully saturated rings. The Kier molecular flexibility index (Phi) is 3.69. The Hall–Kier alpha value is -2.10. The molecule has 0 aliphatic heterocycles. The fraction of sp³-hybridized carbons (Fsp3) is 0.333. The van der Waals surface area contributed by atoms with Crippen molar-refractivity contribution < 1.29 is 13.9 Å². The number of aromatic nitrogens is 1. The minimum atomic E-state index is -0.468. The van der Waals surface area contributed by atoms with E-state index >= 15 is 0 Å². The lowest BCUT2D eigenvalue weighted by Gasteiger charge is -2.04. The molecule has 1 heterocycles. The maximum absolute atomic E-state index is 11.7. The summed E-state index contributed by atoms with van der Waals surface area (Å²) in [6.45, 7) is 7.85. The van der Waals surface area contributed by atoms with E-state index in [1.165, 1.54) is 0 Å². The molecule has 1 aromatic heterocycles. The molecule has 0 amide bonds. The number of hydrogen-bond acceptors (Lipinski definition) is 4. The molecule has 1 aromatic carbocycles. The molecule has 0 radical (unpaired) electrons. The van der Waals surface area contributed by atoms with Crippen LogP contribution in [0.2, 0.25) is 0 Å². The van der Waals surface area contributed by atoms with Crippen LogP contribution in [0, 0.1) is 20.8 Å². The van der Waals surface area contributed by atoms with Crippen LogP contribution < -0.4 is 0 Å². The van der Waals surface area contributed by atoms with Gasteiger partial charge in [-0.05, 0) is 44.9 Å². The van der Waals surface area contributed by atoms with Gasteiger partial charge in [-0.3, -0.25) is 0 Å². The Morgan fingerprint density at radius 1 is 1.32 bits per heavy atom. The monoisotopic (exact) mass is 259 g/mol. The van der Waals surface area contributed by atoms with Gasteiger partial charge in [0.25, 0.3) is 0 Å². The summed E-state index contributed by atoms with van der Waals surface area (Å²) < 4.78 is 10.5. The number of benzene rings is 1. The minimum absolute atomic E-state index is 0.178. The molecule has 0 saturated heterocycles. The molecule has 2 aromatic rings. The standard InChI is InChI=1S/C15H17NO3/c1-5-18-15(17)13-11(4)16-14(19-13)12-8-6-7-9(2)10(12)3/h6-8H,5H2,1-4H3. The summed E-state index contributed by atoms with van der Waals surface area (Å²) in [6.07, 6.45) is 0. The first-order chi connectivity index (χ1) is 9.04. The molecular formula is C15H17NO3. The van der Waals surface area contributed by atoms with Gasteiger partial charge in [0.05, 0.1) is 12.3 Å². The highest BCUT2D eigenvalue weighted by Crippen LogP contribution is 2.26. The van der Waals surface area contributed by atoms with Gasteiger partial charge in [-0.15, -0.1) is 0 Å². The molecule has 0 aliphatic rings. The van der Waals surface area contributed by atoms with Crippen LogP contribution in [-0.2, 0) is 4.74 Å². The van der Waals surface area contributed by atoms with Crippen LogP contribution in [0.15, 0.2) is 22.6 Å². The summed E-state index contributed by atoms with van der Waals surface area (Å²) in [5.74, 6) is 0.170. The number of carbonyl (C=O) groups is 1. The van der Waals surface area contributed by atoms with Crippen LogP contribution >= 0.6 is 0 Å². The zero-order chi connectivity index (χ0) is 14.0. The summed E-state index contributed by atoms with van der Waals surface area (Å²) in [7, 11) is 0. The number of rotatable bonds is 3. The minimum Gasteiger partial charge on any atom is -0.460 e. The first-order valence-corrected chi connectivity index (χ1v) is 6.25. The second kappa shape index (κ2) is 5.26. The number of aryl methyl sites for hydroxylation is 2. The number of oxazole rings is 1. The van der Waals surface area contributed by atoms with Crippen molar-refractivity contribution >= 4 is 5.97 Å². The van der Waals surface area contributed by atoms with Crippen LogP contribution in [-0.4, -0.2) is 17.6 Å². The maximum Gasteiger partial charge on any atom is 0.376 e. The Morgan fingerprint density at radius 3 is 2.74 bits per heavy atom. The SMILES string of the molecule is CCOC(=O)c1oc(-c2cccc(C)c2C)nc1C. The van der Waals surface area contributed by atoms with Crippen LogP contribution in [0.3, 0.4) is 0 Å². The van der Waals surface area contributed by atoms with Crippen molar-refractivity contribution in [3.63, 3.8) is 0 Å². The van der Waals surface area contributed by atoms with Gasteiger partial charge < -0.3 is 9.15 Å². The molecule has 19 heavy (non-hydrogen) atoms. The summed E-state index contributed by atoms with van der Waals surface area (Å²) in [6, 6.07) is 5.91. The van der Waals surface area contributed by atoms with Gasteiger partial charge in [0.15, 0.2) is 0 Å². The van der Waals surface area contributed by atoms with Crippen LogP contribution in [0.25, 0.3) is 11.5 Å². The molecular weight excluding hydrogens is 242 g/mol. The number of carbonyl (C=O) groups excluding carboxylic acids is 1. The van der Waals surface area contributed by atoms with Gasteiger partial charge in [-0.1, -0.05) is 12.1 Å². The van der Waals surface area contributed by atoms with Crippen LogP contribution in [0.5, 0.6) is 0 Å². The Labute approximate surface area is 112 Å².